The van der Waals surface area contributed by atoms with Crippen molar-refractivity contribution < 1.29 is 19.4 Å². The van der Waals surface area contributed by atoms with Gasteiger partial charge in [-0.1, -0.05) is 54.6 Å². The van der Waals surface area contributed by atoms with Gasteiger partial charge in [-0.3, -0.25) is 15.0 Å². The van der Waals surface area contributed by atoms with Gasteiger partial charge in [0.1, 0.15) is 18.2 Å². The van der Waals surface area contributed by atoms with Gasteiger partial charge < -0.3 is 20.5 Å². The number of nitrogens with two attached hydrogens (primary N) is 1. The molecule has 0 radical (unpaired) electrons. The van der Waals surface area contributed by atoms with E-state index in [0.717, 1.165) is 16.7 Å². The molecule has 4 rings (SSSR count). The highest BCUT2D eigenvalue weighted by Gasteiger charge is 2.33. The summed E-state index contributed by atoms with van der Waals surface area (Å²) in [6, 6.07) is 24.1. The van der Waals surface area contributed by atoms with Gasteiger partial charge in [-0.25, -0.2) is 0 Å². The molecule has 1 aliphatic rings. The van der Waals surface area contributed by atoms with Crippen LogP contribution < -0.4 is 10.6 Å². The van der Waals surface area contributed by atoms with Crippen LogP contribution in [0.2, 0.25) is 0 Å². The minimum atomic E-state index is -0.846. The number of carboxylic acids is 1. The van der Waals surface area contributed by atoms with Crippen molar-refractivity contribution in [2.45, 2.75) is 19.4 Å². The van der Waals surface area contributed by atoms with E-state index in [1.54, 1.807) is 29.2 Å². The maximum absolute atomic E-state index is 13.5. The molecule has 34 heavy (non-hydrogen) atoms. The van der Waals surface area contributed by atoms with Gasteiger partial charge in [0.25, 0.3) is 5.91 Å². The largest absolute Gasteiger partial charge is 0.490 e. The first-order valence-corrected chi connectivity index (χ1v) is 10.9. The Balaban J connectivity index is 1.62. The maximum Gasteiger partial charge on any atom is 0.303 e. The van der Waals surface area contributed by atoms with Gasteiger partial charge >= 0.3 is 5.97 Å². The first kappa shape index (κ1) is 22.8. The molecule has 0 saturated carbocycles. The van der Waals surface area contributed by atoms with Crippen molar-refractivity contribution in [2.75, 3.05) is 11.4 Å². The molecule has 7 heteroatoms. The highest BCUT2D eigenvalue weighted by molar-refractivity contribution is 6.29. The molecule has 0 aromatic heterocycles. The predicted octanol–water partition coefficient (Wildman–Crippen LogP) is 3.96. The zero-order valence-electron chi connectivity index (χ0n) is 18.5. The number of ether oxygens (including phenoxy) is 1. The molecule has 0 aliphatic carbocycles. The van der Waals surface area contributed by atoms with Gasteiger partial charge in [0.15, 0.2) is 0 Å². The zero-order chi connectivity index (χ0) is 24.1. The summed E-state index contributed by atoms with van der Waals surface area (Å²) in [5, 5.41) is 16.5. The fourth-order valence-corrected chi connectivity index (χ4v) is 3.81. The van der Waals surface area contributed by atoms with Crippen LogP contribution in [-0.2, 0) is 27.4 Å². The number of nitrogens with one attached hydrogen (secondary N) is 1. The van der Waals surface area contributed by atoms with E-state index in [-0.39, 0.29) is 24.7 Å². The second-order valence-corrected chi connectivity index (χ2v) is 8.01. The Morgan fingerprint density at radius 2 is 1.65 bits per heavy atom. The van der Waals surface area contributed by atoms with Crippen molar-refractivity contribution in [3.05, 3.63) is 107 Å². The Morgan fingerprint density at radius 1 is 0.971 bits per heavy atom. The average molecular weight is 456 g/mol. The number of hydrogen-bond donors (Lipinski definition) is 3. The summed E-state index contributed by atoms with van der Waals surface area (Å²) < 4.78 is 6.13. The third-order valence-corrected chi connectivity index (χ3v) is 5.66. The average Bonchev–Trinajstić information content (AvgIpc) is 3.18. The van der Waals surface area contributed by atoms with Crippen molar-refractivity contribution in [3.63, 3.8) is 0 Å². The molecular formula is C27H25N3O4. The molecule has 0 bridgehead atoms. The number of carbonyl (C=O) groups excluding carboxylic acids is 1. The zero-order valence-corrected chi connectivity index (χ0v) is 18.5. The lowest BCUT2D eigenvalue weighted by atomic mass is 10.0. The summed E-state index contributed by atoms with van der Waals surface area (Å²) in [6.07, 6.45) is 0.477. The van der Waals surface area contributed by atoms with Crippen LogP contribution in [0.5, 0.6) is 0 Å². The molecule has 1 aliphatic heterocycles. The van der Waals surface area contributed by atoms with Crippen LogP contribution in [0.15, 0.2) is 84.6 Å². The van der Waals surface area contributed by atoms with Crippen LogP contribution >= 0.6 is 0 Å². The topological polar surface area (TPSA) is 117 Å². The fraction of sp³-hybridized carbons (Fsp3) is 0.148. The molecular weight excluding hydrogens is 430 g/mol. The van der Waals surface area contributed by atoms with E-state index >= 15 is 0 Å². The summed E-state index contributed by atoms with van der Waals surface area (Å²) in [4.78, 5) is 26.0. The van der Waals surface area contributed by atoms with E-state index < -0.39 is 5.97 Å². The third-order valence-electron chi connectivity index (χ3n) is 5.66. The monoisotopic (exact) mass is 455 g/mol. The Hall–Kier alpha value is -4.39. The summed E-state index contributed by atoms with van der Waals surface area (Å²) in [7, 11) is 0. The Bertz CT molecular complexity index is 1230. The molecule has 3 aromatic carbocycles. The number of hydrogen-bond acceptors (Lipinski definition) is 4. The van der Waals surface area contributed by atoms with Crippen molar-refractivity contribution in [3.8, 4) is 0 Å². The highest BCUT2D eigenvalue weighted by atomic mass is 16.5. The lowest BCUT2D eigenvalue weighted by Crippen LogP contribution is -2.26. The van der Waals surface area contributed by atoms with Crippen LogP contribution in [0.3, 0.4) is 0 Å². The van der Waals surface area contributed by atoms with Crippen LogP contribution in [0.25, 0.3) is 5.57 Å². The predicted molar refractivity (Wildman–Crippen MR) is 130 cm³/mol. The minimum Gasteiger partial charge on any atom is -0.490 e. The molecule has 172 valence electrons. The molecule has 0 saturated heterocycles. The number of amidine groups is 1. The molecule has 1 amide bonds. The van der Waals surface area contributed by atoms with E-state index in [9.17, 15) is 9.59 Å². The first-order valence-electron chi connectivity index (χ1n) is 10.9. The SMILES string of the molecule is N=C(N)c1ccc(N2CC(OCc3ccccc3)=C(c3ccc(CCC(=O)O)cc3)C2=O)cc1. The van der Waals surface area contributed by atoms with Crippen molar-refractivity contribution in [1.82, 2.24) is 0 Å². The minimum absolute atomic E-state index is 0.0343. The van der Waals surface area contributed by atoms with Gasteiger partial charge in [-0.05, 0) is 47.4 Å². The van der Waals surface area contributed by atoms with Gasteiger partial charge in [-0.2, -0.15) is 0 Å². The Morgan fingerprint density at radius 3 is 2.26 bits per heavy atom. The van der Waals surface area contributed by atoms with E-state index in [2.05, 4.69) is 0 Å². The molecule has 4 N–H and O–H groups in total. The lowest BCUT2D eigenvalue weighted by Gasteiger charge is -2.17. The lowest BCUT2D eigenvalue weighted by molar-refractivity contribution is -0.137. The van der Waals surface area contributed by atoms with Gasteiger partial charge in [0.05, 0.1) is 12.1 Å². The molecule has 0 spiro atoms. The number of aryl methyl sites for hydroxylation is 1. The van der Waals surface area contributed by atoms with Gasteiger partial charge in [0, 0.05) is 17.7 Å². The number of nitrogen functional groups attached to an aromatic ring is 1. The second-order valence-electron chi connectivity index (χ2n) is 8.01. The van der Waals surface area contributed by atoms with E-state index in [1.165, 1.54) is 0 Å². The summed E-state index contributed by atoms with van der Waals surface area (Å²) >= 11 is 0. The Kier molecular flexibility index (Phi) is 6.73. The molecule has 0 fully saturated rings. The van der Waals surface area contributed by atoms with E-state index in [1.807, 2.05) is 54.6 Å². The van der Waals surface area contributed by atoms with E-state index in [0.29, 0.717) is 35.6 Å². The van der Waals surface area contributed by atoms with Crippen LogP contribution in [-0.4, -0.2) is 29.4 Å². The number of aliphatic carboxylic acids is 1. The van der Waals surface area contributed by atoms with Crippen molar-refractivity contribution in [2.24, 2.45) is 5.73 Å². The summed E-state index contributed by atoms with van der Waals surface area (Å²) in [5.41, 5.74) is 9.91. The number of carbonyl (C=O) groups is 2. The standard InChI is InChI=1S/C27H25N3O4/c28-26(29)21-11-13-22(14-12-21)30-16-23(34-17-19-4-2-1-3-5-19)25(27(30)33)20-9-6-18(7-10-20)8-15-24(31)32/h1-7,9-14H,8,15-17H2,(H3,28,29)(H,31,32). The van der Waals surface area contributed by atoms with Gasteiger partial charge in [-0.15, -0.1) is 0 Å². The van der Waals surface area contributed by atoms with Crippen molar-refractivity contribution in [1.29, 1.82) is 5.41 Å². The second kappa shape index (κ2) is 10.0. The fourth-order valence-electron chi connectivity index (χ4n) is 3.81. The number of benzene rings is 3. The van der Waals surface area contributed by atoms with E-state index in [4.69, 9.17) is 21.0 Å². The maximum atomic E-state index is 13.5. The number of rotatable bonds is 9. The molecule has 3 aromatic rings. The summed E-state index contributed by atoms with van der Waals surface area (Å²) in [5.74, 6) is -0.492. The number of carboxylic acid groups (broad SMARTS) is 1. The Labute approximate surface area is 197 Å². The molecule has 1 heterocycles. The van der Waals surface area contributed by atoms with Crippen LogP contribution in [0.4, 0.5) is 5.69 Å². The molecule has 0 atom stereocenters. The van der Waals surface area contributed by atoms with Crippen molar-refractivity contribution >= 4 is 29.0 Å². The van der Waals surface area contributed by atoms with Crippen LogP contribution in [0.1, 0.15) is 28.7 Å². The third kappa shape index (κ3) is 5.15. The number of anilines is 1. The smallest absolute Gasteiger partial charge is 0.303 e. The highest BCUT2D eigenvalue weighted by Crippen LogP contribution is 2.33. The normalized spacial score (nSPS) is 13.3. The summed E-state index contributed by atoms with van der Waals surface area (Å²) in [6.45, 7) is 0.613. The number of amides is 1. The number of nitrogens with zero attached hydrogens (tertiary/aromatic N) is 1. The quantitative estimate of drug-likeness (QED) is 0.334. The molecule has 0 unspecified atom stereocenters. The first-order chi connectivity index (χ1) is 16.4. The molecule has 7 nitrogen and oxygen atoms in total. The van der Waals surface area contributed by atoms with Crippen LogP contribution in [0, 0.1) is 5.41 Å². The van der Waals surface area contributed by atoms with Gasteiger partial charge in [0.2, 0.25) is 0 Å².